The van der Waals surface area contributed by atoms with Crippen LogP contribution >= 0.6 is 0 Å². The van der Waals surface area contributed by atoms with E-state index in [0.717, 1.165) is 32.8 Å². The summed E-state index contributed by atoms with van der Waals surface area (Å²) in [6, 6.07) is 0.506. The van der Waals surface area contributed by atoms with Gasteiger partial charge in [-0.1, -0.05) is 27.2 Å². The van der Waals surface area contributed by atoms with E-state index in [1.807, 2.05) is 0 Å². The van der Waals surface area contributed by atoms with Crippen LogP contribution in [0.15, 0.2) is 0 Å². The van der Waals surface area contributed by atoms with Crippen molar-refractivity contribution >= 4 is 0 Å². The number of hydrogen-bond donors (Lipinski definition) is 1. The van der Waals surface area contributed by atoms with E-state index >= 15 is 0 Å². The van der Waals surface area contributed by atoms with Crippen LogP contribution in [0.3, 0.4) is 0 Å². The highest BCUT2D eigenvalue weighted by molar-refractivity contribution is 4.63. The lowest BCUT2D eigenvalue weighted by molar-refractivity contribution is 0.0385. The van der Waals surface area contributed by atoms with E-state index in [4.69, 9.17) is 9.47 Å². The minimum absolute atomic E-state index is 0.506. The van der Waals surface area contributed by atoms with Crippen LogP contribution in [0.25, 0.3) is 0 Å². The zero-order chi connectivity index (χ0) is 11.4. The van der Waals surface area contributed by atoms with Gasteiger partial charge in [0.1, 0.15) is 0 Å². The number of ether oxygens (including phenoxy) is 2. The Morgan fingerprint density at radius 2 is 1.67 bits per heavy atom. The van der Waals surface area contributed by atoms with Gasteiger partial charge in [-0.3, -0.25) is 0 Å². The van der Waals surface area contributed by atoms with E-state index in [1.54, 1.807) is 0 Å². The van der Waals surface area contributed by atoms with Crippen LogP contribution in [0.4, 0.5) is 0 Å². The lowest BCUT2D eigenvalue weighted by Gasteiger charge is -2.17. The molecule has 0 amide bonds. The smallest absolute Gasteiger partial charge is 0.0701 e. The molecule has 3 nitrogen and oxygen atoms in total. The molecule has 0 bridgehead atoms. The molecule has 0 radical (unpaired) electrons. The molecule has 0 fully saturated rings. The van der Waals surface area contributed by atoms with Gasteiger partial charge in [0.15, 0.2) is 0 Å². The predicted octanol–water partition coefficient (Wildman–Crippen LogP) is 2.21. The van der Waals surface area contributed by atoms with Gasteiger partial charge >= 0.3 is 0 Å². The maximum Gasteiger partial charge on any atom is 0.0701 e. The first kappa shape index (κ1) is 14.9. The van der Waals surface area contributed by atoms with Crippen molar-refractivity contribution in [3.05, 3.63) is 0 Å². The molecule has 0 spiro atoms. The molecule has 0 aromatic carbocycles. The third-order valence-electron chi connectivity index (χ3n) is 2.17. The summed E-state index contributed by atoms with van der Waals surface area (Å²) in [5, 5.41) is 3.42. The first-order valence-corrected chi connectivity index (χ1v) is 6.23. The van der Waals surface area contributed by atoms with Gasteiger partial charge in [0, 0.05) is 12.6 Å². The second-order valence-corrected chi connectivity index (χ2v) is 3.73. The third kappa shape index (κ3) is 10.2. The van der Waals surface area contributed by atoms with Crippen molar-refractivity contribution in [1.29, 1.82) is 0 Å². The van der Waals surface area contributed by atoms with Crippen molar-refractivity contribution in [3.8, 4) is 0 Å². The molecule has 0 saturated carbocycles. The summed E-state index contributed by atoms with van der Waals surface area (Å²) in [5.41, 5.74) is 0. The molecule has 0 aliphatic rings. The molecule has 0 heterocycles. The SMILES string of the molecule is CCCOCCOCC(CCC)NCC. The summed E-state index contributed by atoms with van der Waals surface area (Å²) in [7, 11) is 0. The molecule has 0 aromatic rings. The Hall–Kier alpha value is -0.120. The van der Waals surface area contributed by atoms with Crippen LogP contribution in [0, 0.1) is 0 Å². The summed E-state index contributed by atoms with van der Waals surface area (Å²) in [5.74, 6) is 0. The van der Waals surface area contributed by atoms with Crippen molar-refractivity contribution in [2.24, 2.45) is 0 Å². The Labute approximate surface area is 94.5 Å². The van der Waals surface area contributed by atoms with Gasteiger partial charge in [-0.05, 0) is 19.4 Å². The molecular formula is C12H27NO2. The maximum absolute atomic E-state index is 5.56. The van der Waals surface area contributed by atoms with Crippen LogP contribution in [0.1, 0.15) is 40.0 Å². The predicted molar refractivity (Wildman–Crippen MR) is 64.3 cm³/mol. The summed E-state index contributed by atoms with van der Waals surface area (Å²) in [6.07, 6.45) is 3.47. The highest BCUT2D eigenvalue weighted by Gasteiger charge is 2.05. The number of nitrogens with one attached hydrogen (secondary N) is 1. The van der Waals surface area contributed by atoms with E-state index in [2.05, 4.69) is 26.1 Å². The third-order valence-corrected chi connectivity index (χ3v) is 2.17. The number of rotatable bonds is 11. The van der Waals surface area contributed by atoms with Crippen LogP contribution < -0.4 is 5.32 Å². The first-order chi connectivity index (χ1) is 7.35. The molecular weight excluding hydrogens is 190 g/mol. The van der Waals surface area contributed by atoms with Crippen molar-refractivity contribution < 1.29 is 9.47 Å². The van der Waals surface area contributed by atoms with Gasteiger partial charge in [-0.2, -0.15) is 0 Å². The Morgan fingerprint density at radius 3 is 2.27 bits per heavy atom. The quantitative estimate of drug-likeness (QED) is 0.538. The van der Waals surface area contributed by atoms with Crippen molar-refractivity contribution in [1.82, 2.24) is 5.32 Å². The van der Waals surface area contributed by atoms with Crippen molar-refractivity contribution in [2.45, 2.75) is 46.1 Å². The summed E-state index contributed by atoms with van der Waals surface area (Å²) < 4.78 is 10.9. The van der Waals surface area contributed by atoms with Crippen molar-refractivity contribution in [3.63, 3.8) is 0 Å². The van der Waals surface area contributed by atoms with Gasteiger partial charge in [-0.15, -0.1) is 0 Å². The Kier molecular flexibility index (Phi) is 11.9. The fraction of sp³-hybridized carbons (Fsp3) is 1.00. The van der Waals surface area contributed by atoms with Gasteiger partial charge in [0.2, 0.25) is 0 Å². The highest BCUT2D eigenvalue weighted by Crippen LogP contribution is 1.97. The number of likely N-dealkylation sites (N-methyl/N-ethyl adjacent to an activating group) is 1. The molecule has 0 aromatic heterocycles. The second-order valence-electron chi connectivity index (χ2n) is 3.73. The maximum atomic E-state index is 5.56. The largest absolute Gasteiger partial charge is 0.379 e. The topological polar surface area (TPSA) is 30.5 Å². The van der Waals surface area contributed by atoms with E-state index in [9.17, 15) is 0 Å². The van der Waals surface area contributed by atoms with E-state index in [1.165, 1.54) is 12.8 Å². The van der Waals surface area contributed by atoms with E-state index in [-0.39, 0.29) is 0 Å². The lowest BCUT2D eigenvalue weighted by Crippen LogP contribution is -2.33. The molecule has 1 atom stereocenters. The van der Waals surface area contributed by atoms with Crippen LogP contribution in [0.5, 0.6) is 0 Å². The van der Waals surface area contributed by atoms with Crippen LogP contribution in [0.2, 0.25) is 0 Å². The van der Waals surface area contributed by atoms with E-state index in [0.29, 0.717) is 12.6 Å². The van der Waals surface area contributed by atoms with E-state index < -0.39 is 0 Å². The van der Waals surface area contributed by atoms with Crippen molar-refractivity contribution in [2.75, 3.05) is 33.0 Å². The Balaban J connectivity index is 3.28. The van der Waals surface area contributed by atoms with Gasteiger partial charge in [-0.25, -0.2) is 0 Å². The summed E-state index contributed by atoms with van der Waals surface area (Å²) in [6.45, 7) is 10.5. The Bertz CT molecular complexity index is 114. The zero-order valence-electron chi connectivity index (χ0n) is 10.6. The molecule has 92 valence electrons. The molecule has 1 unspecified atom stereocenters. The standard InChI is InChI=1S/C12H27NO2/c1-4-7-12(13-6-3)11-15-10-9-14-8-5-2/h12-13H,4-11H2,1-3H3. The average molecular weight is 217 g/mol. The average Bonchev–Trinajstić information content (AvgIpc) is 2.24. The van der Waals surface area contributed by atoms with Gasteiger partial charge < -0.3 is 14.8 Å². The summed E-state index contributed by atoms with van der Waals surface area (Å²) >= 11 is 0. The van der Waals surface area contributed by atoms with Gasteiger partial charge in [0.05, 0.1) is 19.8 Å². The fourth-order valence-corrected chi connectivity index (χ4v) is 1.47. The summed E-state index contributed by atoms with van der Waals surface area (Å²) in [4.78, 5) is 0. The zero-order valence-corrected chi connectivity index (χ0v) is 10.6. The fourth-order valence-electron chi connectivity index (χ4n) is 1.47. The highest BCUT2D eigenvalue weighted by atomic mass is 16.5. The monoisotopic (exact) mass is 217 g/mol. The lowest BCUT2D eigenvalue weighted by atomic mass is 10.2. The number of hydrogen-bond acceptors (Lipinski definition) is 3. The molecule has 3 heteroatoms. The minimum atomic E-state index is 0.506. The molecule has 1 N–H and O–H groups in total. The molecule has 0 aliphatic carbocycles. The molecule has 15 heavy (non-hydrogen) atoms. The second kappa shape index (κ2) is 12.0. The van der Waals surface area contributed by atoms with Gasteiger partial charge in [0.25, 0.3) is 0 Å². The molecule has 0 rings (SSSR count). The first-order valence-electron chi connectivity index (χ1n) is 6.23. The molecule has 0 saturated heterocycles. The normalized spacial score (nSPS) is 13.0. The Morgan fingerprint density at radius 1 is 0.933 bits per heavy atom. The van der Waals surface area contributed by atoms with Crippen LogP contribution in [-0.2, 0) is 9.47 Å². The minimum Gasteiger partial charge on any atom is -0.379 e. The van der Waals surface area contributed by atoms with Crippen LogP contribution in [-0.4, -0.2) is 39.0 Å². The molecule has 0 aliphatic heterocycles.